The molecule has 0 aliphatic carbocycles. The van der Waals surface area contributed by atoms with Crippen LogP contribution in [0.25, 0.3) is 6.08 Å². The van der Waals surface area contributed by atoms with E-state index in [4.69, 9.17) is 0 Å². The van der Waals surface area contributed by atoms with Gasteiger partial charge in [0.05, 0.1) is 10.9 Å². The molecule has 0 saturated carbocycles. The Balaban J connectivity index is 1.65. The molecule has 1 aliphatic rings. The van der Waals surface area contributed by atoms with Crippen molar-refractivity contribution in [3.8, 4) is 0 Å². The van der Waals surface area contributed by atoms with Crippen LogP contribution in [0.4, 0.5) is 4.39 Å². The van der Waals surface area contributed by atoms with Gasteiger partial charge < -0.3 is 4.90 Å². The van der Waals surface area contributed by atoms with Crippen LogP contribution in [0.1, 0.15) is 49.8 Å². The fourth-order valence-corrected chi connectivity index (χ4v) is 5.14. The number of halogens is 1. The number of carbonyl (C=O) groups is 1. The van der Waals surface area contributed by atoms with Gasteiger partial charge >= 0.3 is 0 Å². The van der Waals surface area contributed by atoms with Crippen molar-refractivity contribution in [1.29, 1.82) is 0 Å². The van der Waals surface area contributed by atoms with Crippen LogP contribution in [0.2, 0.25) is 0 Å². The smallest absolute Gasteiger partial charge is 0.246 e. The average Bonchev–Trinajstić information content (AvgIpc) is 3.07. The van der Waals surface area contributed by atoms with E-state index in [0.29, 0.717) is 13.1 Å². The minimum Gasteiger partial charge on any atom is -0.335 e. The van der Waals surface area contributed by atoms with Gasteiger partial charge in [-0.2, -0.15) is 4.31 Å². The van der Waals surface area contributed by atoms with Crippen LogP contribution in [0.5, 0.6) is 0 Å². The van der Waals surface area contributed by atoms with Gasteiger partial charge in [-0.1, -0.05) is 37.1 Å². The summed E-state index contributed by atoms with van der Waals surface area (Å²) in [5, 5.41) is 0. The first-order valence-corrected chi connectivity index (χ1v) is 12.0. The molecule has 2 aromatic carbocycles. The van der Waals surface area contributed by atoms with Crippen LogP contribution in [0, 0.1) is 5.82 Å². The fourth-order valence-electron chi connectivity index (χ4n) is 3.62. The van der Waals surface area contributed by atoms with Crippen molar-refractivity contribution < 1.29 is 17.6 Å². The summed E-state index contributed by atoms with van der Waals surface area (Å²) in [6.45, 7) is 3.01. The van der Waals surface area contributed by atoms with E-state index < -0.39 is 10.0 Å². The van der Waals surface area contributed by atoms with Crippen molar-refractivity contribution in [2.75, 3.05) is 20.1 Å². The Bertz CT molecular complexity index is 1010. The third kappa shape index (κ3) is 5.80. The van der Waals surface area contributed by atoms with Crippen LogP contribution >= 0.6 is 0 Å². The van der Waals surface area contributed by atoms with E-state index in [-0.39, 0.29) is 22.7 Å². The van der Waals surface area contributed by atoms with Gasteiger partial charge in [0.2, 0.25) is 15.9 Å². The normalized spacial score (nSPS) is 16.7. The number of hydrogen-bond donors (Lipinski definition) is 0. The van der Waals surface area contributed by atoms with E-state index >= 15 is 0 Å². The minimum atomic E-state index is -3.48. The third-order valence-electron chi connectivity index (χ3n) is 5.78. The Morgan fingerprint density at radius 3 is 2.16 bits per heavy atom. The van der Waals surface area contributed by atoms with E-state index in [0.717, 1.165) is 36.8 Å². The molecule has 31 heavy (non-hydrogen) atoms. The zero-order valence-corrected chi connectivity index (χ0v) is 18.8. The van der Waals surface area contributed by atoms with Gasteiger partial charge in [0, 0.05) is 26.2 Å². The highest BCUT2D eigenvalue weighted by Gasteiger charge is 2.24. The van der Waals surface area contributed by atoms with E-state index in [1.165, 1.54) is 18.2 Å². The van der Waals surface area contributed by atoms with Gasteiger partial charge in [0.15, 0.2) is 0 Å². The molecule has 5 nitrogen and oxygen atoms in total. The van der Waals surface area contributed by atoms with Crippen molar-refractivity contribution >= 4 is 22.0 Å². The van der Waals surface area contributed by atoms with Crippen LogP contribution in [-0.4, -0.2) is 43.7 Å². The topological polar surface area (TPSA) is 57.7 Å². The molecule has 0 bridgehead atoms. The molecule has 1 atom stereocenters. The molecule has 0 N–H and O–H groups in total. The molecule has 3 rings (SSSR count). The van der Waals surface area contributed by atoms with Crippen molar-refractivity contribution in [3.05, 3.63) is 71.6 Å². The lowest BCUT2D eigenvalue weighted by Crippen LogP contribution is -2.31. The van der Waals surface area contributed by atoms with Crippen molar-refractivity contribution in [3.63, 3.8) is 0 Å². The highest BCUT2D eigenvalue weighted by molar-refractivity contribution is 7.89. The molecular weight excluding hydrogens is 415 g/mol. The average molecular weight is 445 g/mol. The van der Waals surface area contributed by atoms with Gasteiger partial charge in [-0.15, -0.1) is 0 Å². The molecule has 0 aromatic heterocycles. The monoisotopic (exact) mass is 444 g/mol. The van der Waals surface area contributed by atoms with Gasteiger partial charge in [-0.25, -0.2) is 12.8 Å². The molecule has 0 spiro atoms. The van der Waals surface area contributed by atoms with Gasteiger partial charge in [-0.3, -0.25) is 4.79 Å². The Morgan fingerprint density at radius 2 is 1.58 bits per heavy atom. The van der Waals surface area contributed by atoms with E-state index in [1.54, 1.807) is 58.7 Å². The lowest BCUT2D eigenvalue weighted by molar-refractivity contribution is -0.126. The van der Waals surface area contributed by atoms with E-state index in [9.17, 15) is 17.6 Å². The summed E-state index contributed by atoms with van der Waals surface area (Å²) in [6.07, 6.45) is 7.05. The van der Waals surface area contributed by atoms with Crippen molar-refractivity contribution in [2.24, 2.45) is 0 Å². The molecule has 7 heteroatoms. The molecule has 2 aromatic rings. The molecule has 166 valence electrons. The number of carbonyl (C=O) groups excluding carboxylic acids is 1. The maximum absolute atomic E-state index is 13.1. The Hall–Kier alpha value is -2.51. The van der Waals surface area contributed by atoms with Crippen molar-refractivity contribution in [1.82, 2.24) is 9.21 Å². The second-order valence-corrected chi connectivity index (χ2v) is 9.84. The molecule has 1 unspecified atom stereocenters. The number of sulfonamides is 1. The largest absolute Gasteiger partial charge is 0.335 e. The second kappa shape index (κ2) is 10.2. The first-order chi connectivity index (χ1) is 14.8. The van der Waals surface area contributed by atoms with Crippen LogP contribution < -0.4 is 0 Å². The van der Waals surface area contributed by atoms with Crippen LogP contribution in [-0.2, 0) is 14.8 Å². The molecule has 1 aliphatic heterocycles. The predicted octanol–water partition coefficient (Wildman–Crippen LogP) is 4.62. The highest BCUT2D eigenvalue weighted by Crippen LogP contribution is 2.22. The lowest BCUT2D eigenvalue weighted by Gasteiger charge is -2.24. The van der Waals surface area contributed by atoms with E-state index in [2.05, 4.69) is 0 Å². The first-order valence-electron chi connectivity index (χ1n) is 10.6. The Labute approximate surface area is 184 Å². The molecule has 1 saturated heterocycles. The highest BCUT2D eigenvalue weighted by atomic mass is 32.2. The summed E-state index contributed by atoms with van der Waals surface area (Å²) in [6, 6.07) is 12.5. The van der Waals surface area contributed by atoms with Gasteiger partial charge in [-0.05, 0) is 61.2 Å². The van der Waals surface area contributed by atoms with E-state index in [1.807, 2.05) is 6.92 Å². The van der Waals surface area contributed by atoms with Crippen LogP contribution in [0.3, 0.4) is 0 Å². The number of likely N-dealkylation sites (N-methyl/N-ethyl adjacent to an activating group) is 1. The fraction of sp³-hybridized carbons (Fsp3) is 0.375. The number of amides is 1. The van der Waals surface area contributed by atoms with Gasteiger partial charge in [0.25, 0.3) is 0 Å². The summed E-state index contributed by atoms with van der Waals surface area (Å²) in [5.74, 6) is -0.510. The Morgan fingerprint density at radius 1 is 1.00 bits per heavy atom. The summed E-state index contributed by atoms with van der Waals surface area (Å²) >= 11 is 0. The number of rotatable bonds is 6. The maximum atomic E-state index is 13.1. The standard InChI is InChI=1S/C24H29FN2O3S/c1-19(21-10-12-22(25)13-11-21)26(2)24(28)16-9-20-7-14-23(15-8-20)31(29,30)27-17-5-3-4-6-18-27/h7-16,19H,3-6,17-18H2,1-2H3/b16-9+. The number of nitrogens with zero attached hydrogens (tertiary/aromatic N) is 2. The summed E-state index contributed by atoms with van der Waals surface area (Å²) in [5.41, 5.74) is 1.58. The Kier molecular flexibility index (Phi) is 7.62. The number of benzene rings is 2. The lowest BCUT2D eigenvalue weighted by atomic mass is 10.1. The van der Waals surface area contributed by atoms with Crippen molar-refractivity contribution in [2.45, 2.75) is 43.5 Å². The summed E-state index contributed by atoms with van der Waals surface area (Å²) in [4.78, 5) is 14.4. The quantitative estimate of drug-likeness (QED) is 0.611. The minimum absolute atomic E-state index is 0.196. The SMILES string of the molecule is CC(c1ccc(F)cc1)N(C)C(=O)/C=C/c1ccc(S(=O)(=O)N2CCCCCC2)cc1. The van der Waals surface area contributed by atoms with Gasteiger partial charge in [0.1, 0.15) is 5.82 Å². The third-order valence-corrected chi connectivity index (χ3v) is 7.70. The number of hydrogen-bond acceptors (Lipinski definition) is 3. The molecular formula is C24H29FN2O3S. The summed E-state index contributed by atoms with van der Waals surface area (Å²) in [7, 11) is -1.79. The second-order valence-electron chi connectivity index (χ2n) is 7.90. The molecule has 1 amide bonds. The molecule has 1 fully saturated rings. The molecule has 1 heterocycles. The first kappa shape index (κ1) is 23.2. The maximum Gasteiger partial charge on any atom is 0.246 e. The summed E-state index contributed by atoms with van der Waals surface area (Å²) < 4.78 is 40.4. The van der Waals surface area contributed by atoms with Crippen LogP contribution in [0.15, 0.2) is 59.5 Å². The molecule has 0 radical (unpaired) electrons. The zero-order valence-electron chi connectivity index (χ0n) is 18.0. The predicted molar refractivity (Wildman–Crippen MR) is 120 cm³/mol. The zero-order chi connectivity index (χ0) is 22.4.